The highest BCUT2D eigenvalue weighted by Gasteiger charge is 2.09. The van der Waals surface area contributed by atoms with Crippen molar-refractivity contribution in [2.75, 3.05) is 32.9 Å². The van der Waals surface area contributed by atoms with Gasteiger partial charge in [0.05, 0.1) is 15.8 Å². The first kappa shape index (κ1) is 23.7. The topological polar surface area (TPSA) is 73.8 Å². The third kappa shape index (κ3) is 8.19. The van der Waals surface area contributed by atoms with Crippen LogP contribution >= 0.6 is 47.2 Å². The summed E-state index contributed by atoms with van der Waals surface area (Å²) < 4.78 is 25.2. The molecule has 0 aliphatic rings. The van der Waals surface area contributed by atoms with Crippen molar-refractivity contribution < 1.29 is 8.42 Å². The van der Waals surface area contributed by atoms with Gasteiger partial charge < -0.3 is 10.2 Å². The lowest BCUT2D eigenvalue weighted by Gasteiger charge is -2.22. The highest BCUT2D eigenvalue weighted by molar-refractivity contribution is 14.0. The second kappa shape index (κ2) is 11.3. The minimum Gasteiger partial charge on any atom is -0.355 e. The summed E-state index contributed by atoms with van der Waals surface area (Å²) in [5.74, 6) is 0.727. The zero-order valence-electron chi connectivity index (χ0n) is 13.8. The Morgan fingerprint density at radius 3 is 2.46 bits per heavy atom. The summed E-state index contributed by atoms with van der Waals surface area (Å²) in [5, 5.41) is 4.13. The van der Waals surface area contributed by atoms with Gasteiger partial charge in [-0.05, 0) is 24.6 Å². The standard InChI is InChI=1S/C14H22Cl2N4O2S.HI/c1-4-23(21,22)19-8-7-18-14(17-2)20(3)10-11-5-6-12(15)13(16)9-11;/h5-6,9,19H,4,7-8,10H2,1-3H3,(H,17,18);1H. The van der Waals surface area contributed by atoms with Crippen molar-refractivity contribution in [3.63, 3.8) is 0 Å². The van der Waals surface area contributed by atoms with Gasteiger partial charge in [-0.25, -0.2) is 13.1 Å². The van der Waals surface area contributed by atoms with Crippen molar-refractivity contribution in [2.24, 2.45) is 4.99 Å². The predicted octanol–water partition coefficient (Wildman–Crippen LogP) is 2.56. The lowest BCUT2D eigenvalue weighted by atomic mass is 10.2. The first-order chi connectivity index (χ1) is 10.8. The van der Waals surface area contributed by atoms with Crippen LogP contribution < -0.4 is 10.0 Å². The molecule has 0 aliphatic carbocycles. The van der Waals surface area contributed by atoms with Gasteiger partial charge in [-0.15, -0.1) is 24.0 Å². The third-order valence-corrected chi connectivity index (χ3v) is 5.23. The van der Waals surface area contributed by atoms with E-state index in [-0.39, 0.29) is 29.7 Å². The van der Waals surface area contributed by atoms with Crippen molar-refractivity contribution in [1.29, 1.82) is 0 Å². The molecule has 0 aliphatic heterocycles. The number of sulfonamides is 1. The second-order valence-corrected chi connectivity index (χ2v) is 7.79. The van der Waals surface area contributed by atoms with Gasteiger partial charge >= 0.3 is 0 Å². The van der Waals surface area contributed by atoms with Gasteiger partial charge in [0.1, 0.15) is 0 Å². The van der Waals surface area contributed by atoms with E-state index in [4.69, 9.17) is 23.2 Å². The van der Waals surface area contributed by atoms with Crippen LogP contribution in [-0.2, 0) is 16.6 Å². The van der Waals surface area contributed by atoms with Crippen LogP contribution in [-0.4, -0.2) is 52.2 Å². The molecule has 2 N–H and O–H groups in total. The number of halogens is 3. The summed E-state index contributed by atoms with van der Waals surface area (Å²) >= 11 is 11.9. The quantitative estimate of drug-likeness (QED) is 0.257. The smallest absolute Gasteiger partial charge is 0.211 e. The van der Waals surface area contributed by atoms with E-state index in [0.29, 0.717) is 35.6 Å². The van der Waals surface area contributed by atoms with Crippen LogP contribution in [0.5, 0.6) is 0 Å². The average molecular weight is 509 g/mol. The number of benzene rings is 1. The Kier molecular flexibility index (Phi) is 11.2. The van der Waals surface area contributed by atoms with Crippen LogP contribution in [0.1, 0.15) is 12.5 Å². The van der Waals surface area contributed by atoms with Crippen molar-refractivity contribution in [3.8, 4) is 0 Å². The minimum atomic E-state index is -3.17. The fraction of sp³-hybridized carbons (Fsp3) is 0.500. The van der Waals surface area contributed by atoms with Crippen LogP contribution in [0.3, 0.4) is 0 Å². The number of guanidine groups is 1. The van der Waals surface area contributed by atoms with Gasteiger partial charge in [-0.2, -0.15) is 0 Å². The van der Waals surface area contributed by atoms with Gasteiger partial charge in [0.15, 0.2) is 5.96 Å². The molecule has 1 rings (SSSR count). The number of aliphatic imine (C=N–C) groups is 1. The predicted molar refractivity (Wildman–Crippen MR) is 112 cm³/mol. The summed E-state index contributed by atoms with van der Waals surface area (Å²) in [6, 6.07) is 5.46. The minimum absolute atomic E-state index is 0. The molecule has 0 fully saturated rings. The zero-order valence-corrected chi connectivity index (χ0v) is 18.5. The number of rotatable bonds is 7. The Morgan fingerprint density at radius 2 is 1.92 bits per heavy atom. The highest BCUT2D eigenvalue weighted by Crippen LogP contribution is 2.23. The SMILES string of the molecule is CCS(=O)(=O)NCCNC(=NC)N(C)Cc1ccc(Cl)c(Cl)c1.I. The fourth-order valence-electron chi connectivity index (χ4n) is 1.85. The molecule has 10 heteroatoms. The Hall–Kier alpha value is -0.290. The molecule has 0 saturated heterocycles. The highest BCUT2D eigenvalue weighted by atomic mass is 127. The van der Waals surface area contributed by atoms with Crippen molar-refractivity contribution in [3.05, 3.63) is 33.8 Å². The maximum absolute atomic E-state index is 11.3. The molecule has 0 amide bonds. The lowest BCUT2D eigenvalue weighted by molar-refractivity contribution is 0.477. The van der Waals surface area contributed by atoms with E-state index in [0.717, 1.165) is 5.56 Å². The largest absolute Gasteiger partial charge is 0.355 e. The second-order valence-electron chi connectivity index (χ2n) is 4.88. The third-order valence-electron chi connectivity index (χ3n) is 3.09. The van der Waals surface area contributed by atoms with Crippen LogP contribution in [0.15, 0.2) is 23.2 Å². The molecule has 0 saturated carbocycles. The van der Waals surface area contributed by atoms with Crippen LogP contribution in [0.2, 0.25) is 10.0 Å². The monoisotopic (exact) mass is 508 g/mol. The molecule has 138 valence electrons. The molecule has 0 radical (unpaired) electrons. The molecule has 0 aromatic heterocycles. The van der Waals surface area contributed by atoms with E-state index in [1.165, 1.54) is 0 Å². The first-order valence-electron chi connectivity index (χ1n) is 7.12. The zero-order chi connectivity index (χ0) is 17.5. The van der Waals surface area contributed by atoms with E-state index >= 15 is 0 Å². The maximum Gasteiger partial charge on any atom is 0.211 e. The molecule has 0 spiro atoms. The Morgan fingerprint density at radius 1 is 1.25 bits per heavy atom. The molecule has 0 heterocycles. The number of hydrogen-bond acceptors (Lipinski definition) is 3. The molecule has 1 aromatic rings. The van der Waals surface area contributed by atoms with Gasteiger partial charge in [-0.3, -0.25) is 4.99 Å². The molecule has 0 bridgehead atoms. The summed E-state index contributed by atoms with van der Waals surface area (Å²) in [5.41, 5.74) is 0.997. The average Bonchev–Trinajstić information content (AvgIpc) is 2.51. The first-order valence-corrected chi connectivity index (χ1v) is 9.53. The Balaban J connectivity index is 0.00000529. The summed E-state index contributed by atoms with van der Waals surface area (Å²) in [6.45, 7) is 2.93. The van der Waals surface area contributed by atoms with Crippen LogP contribution in [0.4, 0.5) is 0 Å². The number of nitrogens with zero attached hydrogens (tertiary/aromatic N) is 2. The molecular weight excluding hydrogens is 486 g/mol. The van der Waals surface area contributed by atoms with Gasteiger partial charge in [0, 0.05) is 33.7 Å². The number of hydrogen-bond donors (Lipinski definition) is 2. The van der Waals surface area contributed by atoms with Crippen molar-refractivity contribution in [2.45, 2.75) is 13.5 Å². The molecule has 6 nitrogen and oxygen atoms in total. The van der Waals surface area contributed by atoms with E-state index in [9.17, 15) is 8.42 Å². The molecule has 1 aromatic carbocycles. The summed E-state index contributed by atoms with van der Waals surface area (Å²) in [6.07, 6.45) is 0. The van der Waals surface area contributed by atoms with Gasteiger partial charge in [-0.1, -0.05) is 29.3 Å². The summed E-state index contributed by atoms with van der Waals surface area (Å²) in [7, 11) is 0.381. The van der Waals surface area contributed by atoms with E-state index in [2.05, 4.69) is 15.0 Å². The van der Waals surface area contributed by atoms with Gasteiger partial charge in [0.2, 0.25) is 10.0 Å². The molecule has 0 atom stereocenters. The maximum atomic E-state index is 11.3. The van der Waals surface area contributed by atoms with Crippen molar-refractivity contribution in [1.82, 2.24) is 14.9 Å². The lowest BCUT2D eigenvalue weighted by Crippen LogP contribution is -2.42. The summed E-state index contributed by atoms with van der Waals surface area (Å²) in [4.78, 5) is 6.08. The molecule has 0 unspecified atom stereocenters. The normalized spacial score (nSPS) is 11.8. The Labute approximate surface area is 171 Å². The van der Waals surface area contributed by atoms with E-state index in [1.54, 1.807) is 20.0 Å². The molecular formula is C14H23Cl2IN4O2S. The van der Waals surface area contributed by atoms with E-state index in [1.807, 2.05) is 24.1 Å². The van der Waals surface area contributed by atoms with Crippen LogP contribution in [0.25, 0.3) is 0 Å². The molecule has 24 heavy (non-hydrogen) atoms. The van der Waals surface area contributed by atoms with Crippen molar-refractivity contribution >= 4 is 63.2 Å². The fourth-order valence-corrected chi connectivity index (χ4v) is 2.79. The Bertz CT molecular complexity index is 656. The van der Waals surface area contributed by atoms with Crippen LogP contribution in [0, 0.1) is 0 Å². The van der Waals surface area contributed by atoms with E-state index < -0.39 is 10.0 Å². The number of nitrogens with one attached hydrogen (secondary N) is 2. The van der Waals surface area contributed by atoms with Gasteiger partial charge in [0.25, 0.3) is 0 Å².